The summed E-state index contributed by atoms with van der Waals surface area (Å²) in [5.41, 5.74) is 8.24. The van der Waals surface area contributed by atoms with Gasteiger partial charge < -0.3 is 11.1 Å². The van der Waals surface area contributed by atoms with Crippen LogP contribution in [0.3, 0.4) is 0 Å². The van der Waals surface area contributed by atoms with Crippen LogP contribution in [0.4, 0.5) is 5.13 Å². The van der Waals surface area contributed by atoms with E-state index in [1.807, 2.05) is 66.9 Å². The van der Waals surface area contributed by atoms with E-state index in [4.69, 9.17) is 5.73 Å². The molecule has 6 nitrogen and oxygen atoms in total. The second-order valence-corrected chi connectivity index (χ2v) is 6.47. The SMILES string of the molecule is NC(=O)C(Nc1nn2cc(-c3ccccc3)nc2s1)c1ccccc1. The Labute approximate surface area is 147 Å². The van der Waals surface area contributed by atoms with E-state index in [9.17, 15) is 4.79 Å². The summed E-state index contributed by atoms with van der Waals surface area (Å²) in [6.45, 7) is 0. The van der Waals surface area contributed by atoms with Crippen LogP contribution in [-0.4, -0.2) is 20.5 Å². The van der Waals surface area contributed by atoms with Crippen molar-refractivity contribution in [1.82, 2.24) is 14.6 Å². The van der Waals surface area contributed by atoms with E-state index < -0.39 is 11.9 Å². The maximum absolute atomic E-state index is 11.8. The van der Waals surface area contributed by atoms with E-state index in [2.05, 4.69) is 15.4 Å². The standard InChI is InChI=1S/C18H15N5OS/c19-16(24)15(13-9-5-2-6-10-13)21-17-22-23-11-14(20-18(23)25-17)12-7-3-1-4-8-12/h1-11,15H,(H2,19,24)(H,21,22). The smallest absolute Gasteiger partial charge is 0.244 e. The summed E-state index contributed by atoms with van der Waals surface area (Å²) in [4.78, 5) is 17.2. The van der Waals surface area contributed by atoms with Crippen LogP contribution in [-0.2, 0) is 4.79 Å². The molecule has 0 bridgehead atoms. The van der Waals surface area contributed by atoms with Gasteiger partial charge in [0.25, 0.3) is 0 Å². The van der Waals surface area contributed by atoms with E-state index in [1.54, 1.807) is 4.52 Å². The minimum Gasteiger partial charge on any atom is -0.368 e. The van der Waals surface area contributed by atoms with Crippen LogP contribution in [0.1, 0.15) is 11.6 Å². The zero-order chi connectivity index (χ0) is 17.2. The third-order valence-electron chi connectivity index (χ3n) is 3.80. The van der Waals surface area contributed by atoms with Crippen LogP contribution in [0.15, 0.2) is 66.9 Å². The highest BCUT2D eigenvalue weighted by atomic mass is 32.1. The fourth-order valence-corrected chi connectivity index (χ4v) is 3.40. The van der Waals surface area contributed by atoms with Crippen molar-refractivity contribution in [1.29, 1.82) is 0 Å². The average molecular weight is 349 g/mol. The van der Waals surface area contributed by atoms with Crippen molar-refractivity contribution < 1.29 is 4.79 Å². The first-order valence-electron chi connectivity index (χ1n) is 7.73. The second kappa shape index (κ2) is 6.37. The highest BCUT2D eigenvalue weighted by Crippen LogP contribution is 2.27. The lowest BCUT2D eigenvalue weighted by molar-refractivity contribution is -0.118. The number of nitrogens with two attached hydrogens (primary N) is 1. The minimum atomic E-state index is -0.634. The van der Waals surface area contributed by atoms with Gasteiger partial charge in [0.2, 0.25) is 16.0 Å². The topological polar surface area (TPSA) is 85.3 Å². The Bertz CT molecular complexity index is 978. The molecule has 0 saturated heterocycles. The van der Waals surface area contributed by atoms with Crippen molar-refractivity contribution in [3.8, 4) is 11.3 Å². The largest absolute Gasteiger partial charge is 0.368 e. The van der Waals surface area contributed by atoms with E-state index in [-0.39, 0.29) is 0 Å². The van der Waals surface area contributed by atoms with Crippen LogP contribution in [0, 0.1) is 0 Å². The van der Waals surface area contributed by atoms with Gasteiger partial charge in [-0.15, -0.1) is 5.10 Å². The molecule has 0 radical (unpaired) electrons. The summed E-state index contributed by atoms with van der Waals surface area (Å²) in [7, 11) is 0. The summed E-state index contributed by atoms with van der Waals surface area (Å²) in [5.74, 6) is -0.455. The van der Waals surface area contributed by atoms with Crippen LogP contribution in [0.2, 0.25) is 0 Å². The zero-order valence-corrected chi connectivity index (χ0v) is 14.0. The maximum Gasteiger partial charge on any atom is 0.244 e. The highest BCUT2D eigenvalue weighted by molar-refractivity contribution is 7.20. The van der Waals surface area contributed by atoms with Crippen molar-refractivity contribution in [3.63, 3.8) is 0 Å². The molecule has 3 N–H and O–H groups in total. The Balaban J connectivity index is 1.62. The molecule has 0 aliphatic rings. The molecule has 0 fully saturated rings. The number of amides is 1. The molecule has 2 aromatic heterocycles. The number of nitrogens with one attached hydrogen (secondary N) is 1. The van der Waals surface area contributed by atoms with Crippen LogP contribution in [0.5, 0.6) is 0 Å². The quantitative estimate of drug-likeness (QED) is 0.580. The lowest BCUT2D eigenvalue weighted by atomic mass is 10.1. The molecule has 25 heavy (non-hydrogen) atoms. The molecule has 0 aliphatic carbocycles. The second-order valence-electron chi connectivity index (χ2n) is 5.52. The average Bonchev–Trinajstić information content (AvgIpc) is 3.19. The first-order valence-corrected chi connectivity index (χ1v) is 8.55. The molecular formula is C18H15N5OS. The molecule has 2 aromatic carbocycles. The van der Waals surface area contributed by atoms with Gasteiger partial charge in [-0.1, -0.05) is 72.0 Å². The Morgan fingerprint density at radius 2 is 1.76 bits per heavy atom. The Morgan fingerprint density at radius 3 is 2.40 bits per heavy atom. The van der Waals surface area contributed by atoms with Gasteiger partial charge in [-0.2, -0.15) is 0 Å². The normalized spacial score (nSPS) is 12.2. The molecule has 4 rings (SSSR count). The molecule has 4 aromatic rings. The highest BCUT2D eigenvalue weighted by Gasteiger charge is 2.19. The lowest BCUT2D eigenvalue weighted by Crippen LogP contribution is -2.27. The number of aromatic nitrogens is 3. The van der Waals surface area contributed by atoms with Gasteiger partial charge in [-0.25, -0.2) is 9.50 Å². The fraction of sp³-hybridized carbons (Fsp3) is 0.0556. The number of hydrogen-bond acceptors (Lipinski definition) is 5. The molecule has 124 valence electrons. The third kappa shape index (κ3) is 3.09. The number of rotatable bonds is 5. The molecule has 2 heterocycles. The van der Waals surface area contributed by atoms with E-state index in [0.29, 0.717) is 5.13 Å². The maximum atomic E-state index is 11.8. The molecular weight excluding hydrogens is 334 g/mol. The number of carbonyl (C=O) groups excluding carboxylic acids is 1. The summed E-state index contributed by atoms with van der Waals surface area (Å²) in [6.07, 6.45) is 1.87. The number of benzene rings is 2. The number of anilines is 1. The van der Waals surface area contributed by atoms with Crippen LogP contribution < -0.4 is 11.1 Å². The summed E-state index contributed by atoms with van der Waals surface area (Å²) >= 11 is 1.38. The Morgan fingerprint density at radius 1 is 1.08 bits per heavy atom. The van der Waals surface area contributed by atoms with Gasteiger partial charge in [0.05, 0.1) is 11.9 Å². The predicted molar refractivity (Wildman–Crippen MR) is 98.3 cm³/mol. The molecule has 0 saturated carbocycles. The summed E-state index contributed by atoms with van der Waals surface area (Å²) < 4.78 is 1.71. The lowest BCUT2D eigenvalue weighted by Gasteiger charge is -2.14. The van der Waals surface area contributed by atoms with Crippen LogP contribution in [0.25, 0.3) is 16.2 Å². The number of imidazole rings is 1. The predicted octanol–water partition coefficient (Wildman–Crippen LogP) is 3.10. The van der Waals surface area contributed by atoms with E-state index in [1.165, 1.54) is 11.3 Å². The van der Waals surface area contributed by atoms with Crippen molar-refractivity contribution in [2.45, 2.75) is 6.04 Å². The monoisotopic (exact) mass is 349 g/mol. The van der Waals surface area contributed by atoms with Crippen molar-refractivity contribution in [3.05, 3.63) is 72.4 Å². The van der Waals surface area contributed by atoms with Gasteiger partial charge in [-0.3, -0.25) is 4.79 Å². The molecule has 1 atom stereocenters. The Kier molecular flexibility index (Phi) is 3.91. The summed E-state index contributed by atoms with van der Waals surface area (Å²) in [5, 5.41) is 8.15. The van der Waals surface area contributed by atoms with Gasteiger partial charge in [0, 0.05) is 5.56 Å². The Hall–Kier alpha value is -3.19. The number of fused-ring (bicyclic) bond motifs is 1. The molecule has 1 unspecified atom stereocenters. The first kappa shape index (κ1) is 15.3. The molecule has 0 aliphatic heterocycles. The van der Waals surface area contributed by atoms with Gasteiger partial charge in [0.1, 0.15) is 6.04 Å². The number of nitrogens with zero attached hydrogens (tertiary/aromatic N) is 3. The zero-order valence-electron chi connectivity index (χ0n) is 13.2. The number of hydrogen-bond donors (Lipinski definition) is 2. The number of primary amides is 1. The van der Waals surface area contributed by atoms with Crippen molar-refractivity contribution in [2.75, 3.05) is 5.32 Å². The van der Waals surface area contributed by atoms with Crippen molar-refractivity contribution >= 4 is 27.3 Å². The third-order valence-corrected chi connectivity index (χ3v) is 4.65. The molecule has 1 amide bonds. The minimum absolute atomic E-state index is 0.455. The van der Waals surface area contributed by atoms with E-state index >= 15 is 0 Å². The van der Waals surface area contributed by atoms with Crippen LogP contribution >= 0.6 is 11.3 Å². The molecule has 7 heteroatoms. The van der Waals surface area contributed by atoms with Gasteiger partial charge >= 0.3 is 0 Å². The van der Waals surface area contributed by atoms with Gasteiger partial charge in [-0.05, 0) is 5.56 Å². The fourth-order valence-electron chi connectivity index (χ4n) is 2.59. The van der Waals surface area contributed by atoms with Crippen molar-refractivity contribution in [2.24, 2.45) is 5.73 Å². The summed E-state index contributed by atoms with van der Waals surface area (Å²) in [6, 6.07) is 18.6. The first-order chi connectivity index (χ1) is 12.2. The van der Waals surface area contributed by atoms with E-state index in [0.717, 1.165) is 21.8 Å². The van der Waals surface area contributed by atoms with Gasteiger partial charge in [0.15, 0.2) is 0 Å². The molecule has 0 spiro atoms. The number of carbonyl (C=O) groups is 1.